The zero-order valence-electron chi connectivity index (χ0n) is 12.7. The Morgan fingerprint density at radius 1 is 1.27 bits per heavy atom. The number of benzene rings is 1. The molecule has 1 aromatic carbocycles. The Balaban J connectivity index is 2.24. The van der Waals surface area contributed by atoms with Crippen LogP contribution in [0.15, 0.2) is 55.3 Å². The van der Waals surface area contributed by atoms with Crippen LogP contribution in [0.3, 0.4) is 0 Å². The van der Waals surface area contributed by atoms with E-state index >= 15 is 0 Å². The predicted octanol–water partition coefficient (Wildman–Crippen LogP) is 4.64. The van der Waals surface area contributed by atoms with E-state index < -0.39 is 0 Å². The number of carbonyl (C=O) groups is 1. The van der Waals surface area contributed by atoms with E-state index in [1.165, 1.54) is 0 Å². The average molecular weight is 293 g/mol. The van der Waals surface area contributed by atoms with Crippen molar-refractivity contribution in [2.45, 2.75) is 19.8 Å². The van der Waals surface area contributed by atoms with Gasteiger partial charge in [0.15, 0.2) is 5.78 Å². The molecular formula is C19H19NO2. The summed E-state index contributed by atoms with van der Waals surface area (Å²) in [5, 5.41) is 0.982. The van der Waals surface area contributed by atoms with Crippen molar-refractivity contribution < 1.29 is 9.53 Å². The first kappa shape index (κ1) is 14.4. The smallest absolute Gasteiger partial charge is 0.165 e. The van der Waals surface area contributed by atoms with Gasteiger partial charge in [-0.1, -0.05) is 25.6 Å². The molecule has 0 unspecified atom stereocenters. The third-order valence-corrected chi connectivity index (χ3v) is 3.74. The molecule has 0 amide bonds. The first-order valence-corrected chi connectivity index (χ1v) is 7.56. The fraction of sp³-hybridized carbons (Fsp3) is 0.211. The molecule has 0 saturated carbocycles. The maximum atomic E-state index is 12.5. The van der Waals surface area contributed by atoms with Crippen LogP contribution in [0.1, 0.15) is 30.1 Å². The molecule has 0 bridgehead atoms. The summed E-state index contributed by atoms with van der Waals surface area (Å²) >= 11 is 0. The highest BCUT2D eigenvalue weighted by atomic mass is 16.5. The van der Waals surface area contributed by atoms with Crippen molar-refractivity contribution in [1.82, 2.24) is 4.40 Å². The summed E-state index contributed by atoms with van der Waals surface area (Å²) in [5.41, 5.74) is 2.76. The molecular weight excluding hydrogens is 274 g/mol. The lowest BCUT2D eigenvalue weighted by Gasteiger charge is -2.03. The first-order chi connectivity index (χ1) is 10.8. The summed E-state index contributed by atoms with van der Waals surface area (Å²) in [5.74, 6) is 0.978. The van der Waals surface area contributed by atoms with Gasteiger partial charge in [-0.15, -0.1) is 0 Å². The van der Waals surface area contributed by atoms with Crippen LogP contribution in [0.4, 0.5) is 0 Å². The van der Waals surface area contributed by atoms with Gasteiger partial charge in [0.25, 0.3) is 0 Å². The lowest BCUT2D eigenvalue weighted by atomic mass is 10.0. The van der Waals surface area contributed by atoms with Crippen LogP contribution < -0.4 is 4.74 Å². The third kappa shape index (κ3) is 2.39. The van der Waals surface area contributed by atoms with E-state index in [0.717, 1.165) is 34.2 Å². The normalized spacial score (nSPS) is 11.0. The van der Waals surface area contributed by atoms with Crippen molar-refractivity contribution in [2.75, 3.05) is 6.61 Å². The van der Waals surface area contributed by atoms with Crippen LogP contribution in [0, 0.1) is 0 Å². The van der Waals surface area contributed by atoms with Gasteiger partial charge in [-0.05, 0) is 30.7 Å². The molecule has 3 nitrogen and oxygen atoms in total. The summed E-state index contributed by atoms with van der Waals surface area (Å²) in [6.07, 6.45) is 5.12. The SMILES string of the molecule is C=CCOc1ccc2c(C(=O)CCC)c3ccccn3c2c1. The molecule has 0 aliphatic carbocycles. The number of pyridine rings is 1. The van der Waals surface area contributed by atoms with Gasteiger partial charge in [-0.3, -0.25) is 4.79 Å². The highest BCUT2D eigenvalue weighted by molar-refractivity contribution is 6.14. The number of hydrogen-bond acceptors (Lipinski definition) is 2. The van der Waals surface area contributed by atoms with E-state index in [9.17, 15) is 4.79 Å². The van der Waals surface area contributed by atoms with Crippen molar-refractivity contribution in [3.8, 4) is 5.75 Å². The molecule has 0 atom stereocenters. The molecule has 3 heteroatoms. The topological polar surface area (TPSA) is 30.7 Å². The zero-order valence-corrected chi connectivity index (χ0v) is 12.7. The molecule has 2 heterocycles. The molecule has 22 heavy (non-hydrogen) atoms. The predicted molar refractivity (Wildman–Crippen MR) is 89.8 cm³/mol. The van der Waals surface area contributed by atoms with Crippen molar-refractivity contribution in [2.24, 2.45) is 0 Å². The number of carbonyl (C=O) groups excluding carboxylic acids is 1. The zero-order chi connectivity index (χ0) is 15.5. The number of rotatable bonds is 6. The minimum absolute atomic E-state index is 0.195. The highest BCUT2D eigenvalue weighted by Gasteiger charge is 2.17. The summed E-state index contributed by atoms with van der Waals surface area (Å²) in [4.78, 5) is 12.5. The lowest BCUT2D eigenvalue weighted by molar-refractivity contribution is 0.0985. The Morgan fingerprint density at radius 3 is 2.91 bits per heavy atom. The maximum Gasteiger partial charge on any atom is 0.165 e. The number of Topliss-reactive ketones (excluding diaryl/α,β-unsaturated/α-hetero) is 1. The summed E-state index contributed by atoms with van der Waals surface area (Å²) < 4.78 is 7.67. The molecule has 0 aliphatic heterocycles. The number of fused-ring (bicyclic) bond motifs is 3. The first-order valence-electron chi connectivity index (χ1n) is 7.56. The van der Waals surface area contributed by atoms with E-state index in [0.29, 0.717) is 13.0 Å². The Labute approximate surface area is 129 Å². The maximum absolute atomic E-state index is 12.5. The molecule has 0 fully saturated rings. The number of aromatic nitrogens is 1. The van der Waals surface area contributed by atoms with Crippen LogP contribution >= 0.6 is 0 Å². The van der Waals surface area contributed by atoms with Crippen molar-refractivity contribution in [1.29, 1.82) is 0 Å². The van der Waals surface area contributed by atoms with Gasteiger partial charge in [0.2, 0.25) is 0 Å². The van der Waals surface area contributed by atoms with Crippen molar-refractivity contribution >= 4 is 22.2 Å². The quantitative estimate of drug-likeness (QED) is 0.489. The molecule has 2 aromatic heterocycles. The van der Waals surface area contributed by atoms with Gasteiger partial charge in [-0.25, -0.2) is 0 Å². The number of ether oxygens (including phenoxy) is 1. The van der Waals surface area contributed by atoms with Crippen LogP contribution in [-0.4, -0.2) is 16.8 Å². The van der Waals surface area contributed by atoms with Crippen molar-refractivity contribution in [3.63, 3.8) is 0 Å². The van der Waals surface area contributed by atoms with Crippen LogP contribution in [0.25, 0.3) is 16.4 Å². The lowest BCUT2D eigenvalue weighted by Crippen LogP contribution is -1.98. The average Bonchev–Trinajstić information content (AvgIpc) is 2.87. The summed E-state index contributed by atoms with van der Waals surface area (Å²) in [6.45, 7) is 6.16. The third-order valence-electron chi connectivity index (χ3n) is 3.74. The van der Waals surface area contributed by atoms with Crippen LogP contribution in [-0.2, 0) is 0 Å². The fourth-order valence-electron chi connectivity index (χ4n) is 2.81. The number of hydrogen-bond donors (Lipinski definition) is 0. The van der Waals surface area contributed by atoms with E-state index in [2.05, 4.69) is 11.0 Å². The van der Waals surface area contributed by atoms with Crippen molar-refractivity contribution in [3.05, 3.63) is 60.8 Å². The summed E-state index contributed by atoms with van der Waals surface area (Å²) in [7, 11) is 0. The van der Waals surface area contributed by atoms with E-state index in [-0.39, 0.29) is 5.78 Å². The fourth-order valence-corrected chi connectivity index (χ4v) is 2.81. The molecule has 0 spiro atoms. The standard InChI is InChI=1S/C19H19NO2/c1-3-7-18(21)19-15-10-9-14(22-12-4-2)13-17(15)20-11-6-5-8-16(19)20/h4-6,8-11,13H,2-3,7,12H2,1H3. The van der Waals surface area contributed by atoms with E-state index in [4.69, 9.17) is 4.74 Å². The largest absolute Gasteiger partial charge is 0.489 e. The van der Waals surface area contributed by atoms with Crippen LogP contribution in [0.2, 0.25) is 0 Å². The van der Waals surface area contributed by atoms with Gasteiger partial charge in [-0.2, -0.15) is 0 Å². The molecule has 0 N–H and O–H groups in total. The monoisotopic (exact) mass is 293 g/mol. The second-order valence-corrected chi connectivity index (χ2v) is 5.28. The second kappa shape index (κ2) is 6.06. The molecule has 0 radical (unpaired) electrons. The Kier molecular flexibility index (Phi) is 3.96. The highest BCUT2D eigenvalue weighted by Crippen LogP contribution is 2.30. The summed E-state index contributed by atoms with van der Waals surface area (Å²) in [6, 6.07) is 11.8. The number of nitrogens with zero attached hydrogens (tertiary/aromatic N) is 1. The molecule has 3 aromatic rings. The molecule has 0 aliphatic rings. The molecule has 112 valence electrons. The van der Waals surface area contributed by atoms with Gasteiger partial charge in [0.05, 0.1) is 16.6 Å². The minimum atomic E-state index is 0.195. The minimum Gasteiger partial charge on any atom is -0.489 e. The van der Waals surface area contributed by atoms with Crippen LogP contribution in [0.5, 0.6) is 5.75 Å². The van der Waals surface area contributed by atoms with Gasteiger partial charge in [0.1, 0.15) is 12.4 Å². The second-order valence-electron chi connectivity index (χ2n) is 5.28. The Morgan fingerprint density at radius 2 is 2.14 bits per heavy atom. The molecule has 0 saturated heterocycles. The van der Waals surface area contributed by atoms with Gasteiger partial charge >= 0.3 is 0 Å². The molecule has 3 rings (SSSR count). The Bertz CT molecular complexity index is 845. The number of ketones is 1. The van der Waals surface area contributed by atoms with E-state index in [1.54, 1.807) is 6.08 Å². The van der Waals surface area contributed by atoms with Gasteiger partial charge in [0, 0.05) is 24.1 Å². The van der Waals surface area contributed by atoms with E-state index in [1.807, 2.05) is 49.5 Å². The van der Waals surface area contributed by atoms with Gasteiger partial charge < -0.3 is 9.14 Å². The Hall–Kier alpha value is -2.55.